The first-order valence-corrected chi connectivity index (χ1v) is 2.95. The zero-order valence-corrected chi connectivity index (χ0v) is 6.12. The van der Waals surface area contributed by atoms with Crippen molar-refractivity contribution in [3.63, 3.8) is 0 Å². The molecule has 0 bridgehead atoms. The van der Waals surface area contributed by atoms with Crippen LogP contribution in [0.2, 0.25) is 0 Å². The first kappa shape index (κ1) is 7.52. The van der Waals surface area contributed by atoms with E-state index in [0.29, 0.717) is 11.4 Å². The van der Waals surface area contributed by atoms with E-state index in [2.05, 4.69) is 15.0 Å². The number of aromatic amines is 1. The van der Waals surface area contributed by atoms with Gasteiger partial charge in [-0.25, -0.2) is 0 Å². The van der Waals surface area contributed by atoms with Crippen LogP contribution in [0.3, 0.4) is 0 Å². The van der Waals surface area contributed by atoms with Gasteiger partial charge >= 0.3 is 0 Å². The lowest BCUT2D eigenvalue weighted by molar-refractivity contribution is -0.711. The molecule has 0 saturated carbocycles. The van der Waals surface area contributed by atoms with Crippen molar-refractivity contribution in [1.29, 1.82) is 0 Å². The topological polar surface area (TPSA) is 81.0 Å². The molecular weight excluding hydrogens is 150 g/mol. The zero-order valence-electron chi connectivity index (χ0n) is 6.12. The Hall–Kier alpha value is -1.59. The first-order valence-electron chi connectivity index (χ1n) is 2.95. The van der Waals surface area contributed by atoms with Crippen molar-refractivity contribution in [2.24, 2.45) is 0 Å². The van der Waals surface area contributed by atoms with Crippen molar-refractivity contribution in [3.8, 4) is 5.75 Å². The predicted octanol–water partition coefficient (Wildman–Crippen LogP) is 0.597. The van der Waals surface area contributed by atoms with E-state index in [1.807, 2.05) is 0 Å². The molecule has 6 nitrogen and oxygen atoms in total. The summed E-state index contributed by atoms with van der Waals surface area (Å²) in [6.45, 7) is 3.28. The van der Waals surface area contributed by atoms with Crippen LogP contribution in [0.1, 0.15) is 11.4 Å². The molecule has 0 atom stereocenters. The second-order valence-corrected chi connectivity index (χ2v) is 2.08. The summed E-state index contributed by atoms with van der Waals surface area (Å²) in [5, 5.41) is 15.3. The van der Waals surface area contributed by atoms with Crippen LogP contribution in [0.15, 0.2) is 0 Å². The molecule has 1 aromatic heterocycles. The van der Waals surface area contributed by atoms with Crippen LogP contribution < -0.4 is 4.84 Å². The summed E-state index contributed by atoms with van der Waals surface area (Å²) in [7, 11) is 0. The predicted molar refractivity (Wildman–Crippen MR) is 35.7 cm³/mol. The third kappa shape index (κ3) is 1.46. The molecule has 0 unspecified atom stereocenters. The fraction of sp³-hybridized carbons (Fsp3) is 0.400. The lowest BCUT2D eigenvalue weighted by atomic mass is 10.4. The third-order valence-corrected chi connectivity index (χ3v) is 1.23. The van der Waals surface area contributed by atoms with Crippen LogP contribution in [-0.2, 0) is 0 Å². The number of aryl methyl sites for hydroxylation is 2. The SMILES string of the molecule is Cc1n[nH]c(C)c1O[N+](=O)[O-]. The van der Waals surface area contributed by atoms with Gasteiger partial charge in [-0.2, -0.15) is 5.10 Å². The van der Waals surface area contributed by atoms with E-state index in [1.165, 1.54) is 0 Å². The van der Waals surface area contributed by atoms with Crippen LogP contribution in [0, 0.1) is 24.0 Å². The van der Waals surface area contributed by atoms with Gasteiger partial charge in [-0.05, 0) is 13.8 Å². The summed E-state index contributed by atoms with van der Waals surface area (Å²) in [5.41, 5.74) is 1.04. The molecule has 11 heavy (non-hydrogen) atoms. The van der Waals surface area contributed by atoms with Gasteiger partial charge in [0.1, 0.15) is 0 Å². The summed E-state index contributed by atoms with van der Waals surface area (Å²) < 4.78 is 0. The van der Waals surface area contributed by atoms with Gasteiger partial charge < -0.3 is 0 Å². The maximum atomic E-state index is 9.91. The van der Waals surface area contributed by atoms with Crippen LogP contribution in [0.5, 0.6) is 5.75 Å². The summed E-state index contributed by atoms with van der Waals surface area (Å²) in [6, 6.07) is 0. The smallest absolute Gasteiger partial charge is 0.280 e. The molecule has 0 aromatic carbocycles. The number of hydrogen-bond acceptors (Lipinski definition) is 4. The molecule has 0 spiro atoms. The van der Waals surface area contributed by atoms with Gasteiger partial charge in [-0.15, -0.1) is 10.1 Å². The van der Waals surface area contributed by atoms with Gasteiger partial charge in [0.15, 0.2) is 5.75 Å². The fourth-order valence-corrected chi connectivity index (χ4v) is 0.750. The average Bonchev–Trinajstić information content (AvgIpc) is 2.18. The summed E-state index contributed by atoms with van der Waals surface area (Å²) in [6.07, 6.45) is 0. The first-order chi connectivity index (χ1) is 5.11. The standard InChI is InChI=1S/C5H7N3O3/c1-3-5(11-8(9)10)4(2)7-6-3/h1-2H3,(H,6,7). The number of hydrogen-bond donors (Lipinski definition) is 1. The molecule has 0 aliphatic heterocycles. The highest BCUT2D eigenvalue weighted by Crippen LogP contribution is 2.18. The van der Waals surface area contributed by atoms with Crippen molar-refractivity contribution in [2.45, 2.75) is 13.8 Å². The highest BCUT2D eigenvalue weighted by molar-refractivity contribution is 5.29. The Kier molecular flexibility index (Phi) is 1.75. The molecule has 60 valence electrons. The molecule has 1 N–H and O–H groups in total. The van der Waals surface area contributed by atoms with Crippen molar-refractivity contribution in [3.05, 3.63) is 21.5 Å². The Morgan fingerprint density at radius 3 is 2.64 bits per heavy atom. The molecule has 1 rings (SSSR count). The van der Waals surface area contributed by atoms with E-state index in [4.69, 9.17) is 0 Å². The minimum atomic E-state index is -0.856. The average molecular weight is 157 g/mol. The molecule has 1 heterocycles. The third-order valence-electron chi connectivity index (χ3n) is 1.23. The second-order valence-electron chi connectivity index (χ2n) is 2.08. The molecule has 1 aromatic rings. The maximum Gasteiger partial charge on any atom is 0.299 e. The van der Waals surface area contributed by atoms with Crippen molar-refractivity contribution >= 4 is 0 Å². The fourth-order valence-electron chi connectivity index (χ4n) is 0.750. The van der Waals surface area contributed by atoms with Gasteiger partial charge in [-0.1, -0.05) is 0 Å². The summed E-state index contributed by atoms with van der Waals surface area (Å²) in [4.78, 5) is 14.2. The number of nitrogens with zero attached hydrogens (tertiary/aromatic N) is 2. The Morgan fingerprint density at radius 2 is 2.27 bits per heavy atom. The van der Waals surface area contributed by atoms with Crippen LogP contribution in [-0.4, -0.2) is 15.3 Å². The maximum absolute atomic E-state index is 9.91. The lowest BCUT2D eigenvalue weighted by Gasteiger charge is -1.94. The molecule has 0 fully saturated rings. The van der Waals surface area contributed by atoms with Gasteiger partial charge in [0, 0.05) is 0 Å². The lowest BCUT2D eigenvalue weighted by Crippen LogP contribution is -2.04. The van der Waals surface area contributed by atoms with Gasteiger partial charge in [0.25, 0.3) is 5.09 Å². The number of nitrogens with one attached hydrogen (secondary N) is 1. The van der Waals surface area contributed by atoms with E-state index in [1.54, 1.807) is 13.8 Å². The van der Waals surface area contributed by atoms with Crippen molar-refractivity contribution < 1.29 is 9.92 Å². The number of rotatable bonds is 2. The van der Waals surface area contributed by atoms with E-state index in [-0.39, 0.29) is 5.75 Å². The van der Waals surface area contributed by atoms with Crippen molar-refractivity contribution in [1.82, 2.24) is 10.2 Å². The highest BCUT2D eigenvalue weighted by atomic mass is 17.0. The monoisotopic (exact) mass is 157 g/mol. The Morgan fingerprint density at radius 1 is 1.64 bits per heavy atom. The van der Waals surface area contributed by atoms with Gasteiger partial charge in [-0.3, -0.25) is 9.94 Å². The Balaban J connectivity index is 2.92. The number of aromatic nitrogens is 2. The van der Waals surface area contributed by atoms with Gasteiger partial charge in [0.05, 0.1) is 11.4 Å². The normalized spacial score (nSPS) is 9.64. The second kappa shape index (κ2) is 2.57. The molecule has 0 aliphatic carbocycles. The van der Waals surface area contributed by atoms with Crippen molar-refractivity contribution in [2.75, 3.05) is 0 Å². The largest absolute Gasteiger partial charge is 0.299 e. The van der Waals surface area contributed by atoms with Crippen LogP contribution in [0.25, 0.3) is 0 Å². The molecule has 6 heteroatoms. The molecule has 0 radical (unpaired) electrons. The zero-order chi connectivity index (χ0) is 8.43. The van der Waals surface area contributed by atoms with E-state index >= 15 is 0 Å². The highest BCUT2D eigenvalue weighted by Gasteiger charge is 2.09. The summed E-state index contributed by atoms with van der Waals surface area (Å²) in [5.74, 6) is 0.190. The summed E-state index contributed by atoms with van der Waals surface area (Å²) >= 11 is 0. The Bertz CT molecular complexity index is 261. The van der Waals surface area contributed by atoms with E-state index in [9.17, 15) is 10.1 Å². The minimum Gasteiger partial charge on any atom is -0.280 e. The minimum absolute atomic E-state index is 0.190. The molecule has 0 amide bonds. The van der Waals surface area contributed by atoms with Crippen LogP contribution in [0.4, 0.5) is 0 Å². The van der Waals surface area contributed by atoms with E-state index < -0.39 is 5.09 Å². The Labute approximate surface area is 62.3 Å². The molecule has 0 aliphatic rings. The quantitative estimate of drug-likeness (QED) is 0.503. The van der Waals surface area contributed by atoms with E-state index in [0.717, 1.165) is 0 Å². The molecule has 0 saturated heterocycles. The van der Waals surface area contributed by atoms with Gasteiger partial charge in [0.2, 0.25) is 0 Å². The van der Waals surface area contributed by atoms with Crippen LogP contribution >= 0.6 is 0 Å². The molecular formula is C5H7N3O3. The number of H-pyrrole nitrogens is 1.